The lowest BCUT2D eigenvalue weighted by molar-refractivity contribution is -0.118. The van der Waals surface area contributed by atoms with E-state index in [0.29, 0.717) is 6.54 Å². The molecule has 2 rings (SSSR count). The van der Waals surface area contributed by atoms with E-state index in [1.807, 2.05) is 30.3 Å². The number of benzene rings is 2. The van der Waals surface area contributed by atoms with Gasteiger partial charge in [0, 0.05) is 17.5 Å². The maximum Gasteiger partial charge on any atom is 0.230 e. The van der Waals surface area contributed by atoms with Crippen LogP contribution in [0.4, 0.5) is 8.78 Å². The zero-order valence-electron chi connectivity index (χ0n) is 10.6. The Hall–Kier alpha value is -1.88. The Morgan fingerprint density at radius 2 is 1.85 bits per heavy atom. The summed E-state index contributed by atoms with van der Waals surface area (Å²) < 4.78 is 26.1. The van der Waals surface area contributed by atoms with E-state index >= 15 is 0 Å². The van der Waals surface area contributed by atoms with Crippen molar-refractivity contribution in [1.29, 1.82) is 0 Å². The molecule has 0 unspecified atom stereocenters. The fourth-order valence-electron chi connectivity index (χ4n) is 1.58. The molecule has 20 heavy (non-hydrogen) atoms. The average molecular weight is 293 g/mol. The summed E-state index contributed by atoms with van der Waals surface area (Å²) in [6.45, 7) is 0.437. The first-order chi connectivity index (χ1) is 9.65. The predicted molar refractivity (Wildman–Crippen MR) is 75.4 cm³/mol. The van der Waals surface area contributed by atoms with Crippen molar-refractivity contribution in [2.45, 2.75) is 11.4 Å². The molecule has 1 amide bonds. The van der Waals surface area contributed by atoms with Crippen LogP contribution in [0.25, 0.3) is 0 Å². The lowest BCUT2D eigenvalue weighted by Gasteiger charge is -2.06. The summed E-state index contributed by atoms with van der Waals surface area (Å²) in [5.74, 6) is -1.37. The molecule has 0 spiro atoms. The summed E-state index contributed by atoms with van der Waals surface area (Å²) in [5, 5.41) is 2.74. The molecule has 0 aliphatic heterocycles. The molecule has 0 bridgehead atoms. The lowest BCUT2D eigenvalue weighted by Crippen LogP contribution is -2.24. The van der Waals surface area contributed by atoms with Crippen LogP contribution in [0, 0.1) is 11.6 Å². The van der Waals surface area contributed by atoms with Crippen molar-refractivity contribution in [3.8, 4) is 0 Å². The van der Waals surface area contributed by atoms with Crippen molar-refractivity contribution < 1.29 is 13.6 Å². The van der Waals surface area contributed by atoms with Crippen LogP contribution in [0.3, 0.4) is 0 Å². The van der Waals surface area contributed by atoms with Gasteiger partial charge in [-0.05, 0) is 17.7 Å². The third-order valence-electron chi connectivity index (χ3n) is 2.59. The number of rotatable bonds is 5. The molecule has 0 saturated carbocycles. The molecule has 0 radical (unpaired) electrons. The van der Waals surface area contributed by atoms with Gasteiger partial charge in [-0.1, -0.05) is 30.3 Å². The smallest absolute Gasteiger partial charge is 0.230 e. The molecule has 0 atom stereocenters. The fourth-order valence-corrected chi connectivity index (χ4v) is 2.33. The number of hydrogen-bond acceptors (Lipinski definition) is 2. The monoisotopic (exact) mass is 293 g/mol. The molecule has 2 nitrogen and oxygen atoms in total. The van der Waals surface area contributed by atoms with Crippen LogP contribution in [-0.4, -0.2) is 11.7 Å². The van der Waals surface area contributed by atoms with Crippen LogP contribution in [0.15, 0.2) is 53.4 Å². The van der Waals surface area contributed by atoms with E-state index in [1.165, 1.54) is 12.1 Å². The van der Waals surface area contributed by atoms with Gasteiger partial charge in [0.1, 0.15) is 11.6 Å². The molecule has 0 aliphatic carbocycles. The van der Waals surface area contributed by atoms with Crippen molar-refractivity contribution in [3.63, 3.8) is 0 Å². The molecular formula is C15H13F2NOS. The Morgan fingerprint density at radius 3 is 2.55 bits per heavy atom. The van der Waals surface area contributed by atoms with Gasteiger partial charge in [0.2, 0.25) is 5.91 Å². The van der Waals surface area contributed by atoms with Gasteiger partial charge in [0.05, 0.1) is 5.75 Å². The highest BCUT2D eigenvalue weighted by atomic mass is 32.2. The van der Waals surface area contributed by atoms with E-state index in [-0.39, 0.29) is 16.6 Å². The van der Waals surface area contributed by atoms with E-state index in [4.69, 9.17) is 0 Å². The lowest BCUT2D eigenvalue weighted by atomic mass is 10.2. The summed E-state index contributed by atoms with van der Waals surface area (Å²) in [4.78, 5) is 11.9. The molecule has 1 N–H and O–H groups in total. The highest BCUT2D eigenvalue weighted by Gasteiger charge is 2.07. The molecule has 2 aromatic rings. The predicted octanol–water partition coefficient (Wildman–Crippen LogP) is 3.37. The van der Waals surface area contributed by atoms with Gasteiger partial charge in [-0.15, -0.1) is 11.8 Å². The van der Waals surface area contributed by atoms with Gasteiger partial charge >= 0.3 is 0 Å². The first-order valence-electron chi connectivity index (χ1n) is 6.03. The van der Waals surface area contributed by atoms with Gasteiger partial charge in [-0.25, -0.2) is 8.78 Å². The molecule has 0 saturated heterocycles. The van der Waals surface area contributed by atoms with Crippen molar-refractivity contribution in [3.05, 3.63) is 65.7 Å². The minimum Gasteiger partial charge on any atom is -0.351 e. The summed E-state index contributed by atoms with van der Waals surface area (Å²) >= 11 is 1.05. The van der Waals surface area contributed by atoms with Gasteiger partial charge in [-0.3, -0.25) is 4.79 Å². The second-order valence-corrected chi connectivity index (χ2v) is 5.14. The van der Waals surface area contributed by atoms with Crippen LogP contribution in [-0.2, 0) is 11.3 Å². The number of carbonyl (C=O) groups is 1. The first-order valence-corrected chi connectivity index (χ1v) is 7.02. The minimum absolute atomic E-state index is 0.0926. The number of halogens is 2. The largest absolute Gasteiger partial charge is 0.351 e. The third-order valence-corrected chi connectivity index (χ3v) is 3.63. The zero-order valence-corrected chi connectivity index (χ0v) is 11.4. The second kappa shape index (κ2) is 7.05. The van der Waals surface area contributed by atoms with Crippen LogP contribution in [0.5, 0.6) is 0 Å². The summed E-state index contributed by atoms with van der Waals surface area (Å²) in [5.41, 5.74) is 0.999. The van der Waals surface area contributed by atoms with E-state index in [2.05, 4.69) is 5.32 Å². The van der Waals surface area contributed by atoms with Gasteiger partial charge < -0.3 is 5.32 Å². The van der Waals surface area contributed by atoms with E-state index in [9.17, 15) is 13.6 Å². The highest BCUT2D eigenvalue weighted by Crippen LogP contribution is 2.21. The van der Waals surface area contributed by atoms with Crippen LogP contribution in [0.2, 0.25) is 0 Å². The molecule has 2 aromatic carbocycles. The summed E-state index contributed by atoms with van der Waals surface area (Å²) in [7, 11) is 0. The Bertz CT molecular complexity index is 590. The molecule has 0 aromatic heterocycles. The number of hydrogen-bond donors (Lipinski definition) is 1. The quantitative estimate of drug-likeness (QED) is 0.856. The van der Waals surface area contributed by atoms with Gasteiger partial charge in [0.15, 0.2) is 0 Å². The zero-order chi connectivity index (χ0) is 14.4. The van der Waals surface area contributed by atoms with Crippen LogP contribution >= 0.6 is 11.8 Å². The third kappa shape index (κ3) is 4.35. The minimum atomic E-state index is -0.647. The Kier molecular flexibility index (Phi) is 5.12. The van der Waals surface area contributed by atoms with E-state index in [0.717, 1.165) is 23.4 Å². The normalized spacial score (nSPS) is 10.3. The van der Waals surface area contributed by atoms with Gasteiger partial charge in [0.25, 0.3) is 0 Å². The average Bonchev–Trinajstić information content (AvgIpc) is 2.45. The number of nitrogens with one attached hydrogen (secondary N) is 1. The van der Waals surface area contributed by atoms with Gasteiger partial charge in [-0.2, -0.15) is 0 Å². The summed E-state index contributed by atoms with van der Waals surface area (Å²) in [6, 6.07) is 12.8. The topological polar surface area (TPSA) is 29.1 Å². The second-order valence-electron chi connectivity index (χ2n) is 4.13. The maximum absolute atomic E-state index is 13.4. The number of carbonyl (C=O) groups excluding carboxylic acids is 1. The number of thioether (sulfide) groups is 1. The molecule has 0 fully saturated rings. The van der Waals surface area contributed by atoms with Crippen LogP contribution < -0.4 is 5.32 Å². The fraction of sp³-hybridized carbons (Fsp3) is 0.133. The molecule has 5 heteroatoms. The maximum atomic E-state index is 13.4. The van der Waals surface area contributed by atoms with Crippen molar-refractivity contribution >= 4 is 17.7 Å². The van der Waals surface area contributed by atoms with Crippen molar-refractivity contribution in [2.75, 3.05) is 5.75 Å². The molecular weight excluding hydrogens is 280 g/mol. The summed E-state index contributed by atoms with van der Waals surface area (Å²) in [6.07, 6.45) is 0. The van der Waals surface area contributed by atoms with E-state index < -0.39 is 11.6 Å². The van der Waals surface area contributed by atoms with Crippen LogP contribution in [0.1, 0.15) is 5.56 Å². The highest BCUT2D eigenvalue weighted by molar-refractivity contribution is 8.00. The molecule has 0 heterocycles. The van der Waals surface area contributed by atoms with E-state index in [1.54, 1.807) is 0 Å². The van der Waals surface area contributed by atoms with Crippen molar-refractivity contribution in [2.24, 2.45) is 0 Å². The SMILES string of the molecule is O=C(CSc1ccc(F)cc1F)NCc1ccccc1. The Balaban J connectivity index is 1.80. The Morgan fingerprint density at radius 1 is 1.10 bits per heavy atom. The molecule has 0 aliphatic rings. The first kappa shape index (κ1) is 14.5. The van der Waals surface area contributed by atoms with Crippen molar-refractivity contribution in [1.82, 2.24) is 5.32 Å². The standard InChI is InChI=1S/C15H13F2NOS/c16-12-6-7-14(13(17)8-12)20-10-15(19)18-9-11-4-2-1-3-5-11/h1-8H,9-10H2,(H,18,19). The molecule has 104 valence electrons. The number of amides is 1. The Labute approximate surface area is 120 Å².